The molecule has 0 aliphatic carbocycles. The molecule has 3 saturated heterocycles. The lowest BCUT2D eigenvalue weighted by molar-refractivity contribution is -0.152. The minimum absolute atomic E-state index is 0.0370. The third-order valence-electron chi connectivity index (χ3n) is 8.94. The molecule has 3 amide bonds. The molecule has 3 aliphatic heterocycles. The lowest BCUT2D eigenvalue weighted by Crippen LogP contribution is -2.61. The largest absolute Gasteiger partial charge is 0.394 e. The van der Waals surface area contributed by atoms with Crippen LogP contribution in [0.1, 0.15) is 66.9 Å². The maximum absolute atomic E-state index is 14.3. The first-order valence-electron chi connectivity index (χ1n) is 13.6. The summed E-state index contributed by atoms with van der Waals surface area (Å²) in [6, 6.07) is 8.17. The van der Waals surface area contributed by atoms with Gasteiger partial charge in [-0.15, -0.1) is 0 Å². The molecular weight excluding hydrogens is 470 g/mol. The molecule has 3 unspecified atom stereocenters. The van der Waals surface area contributed by atoms with Crippen LogP contribution in [0.15, 0.2) is 30.3 Å². The maximum atomic E-state index is 14.3. The second-order valence-corrected chi connectivity index (χ2v) is 12.5. The van der Waals surface area contributed by atoms with Crippen molar-refractivity contribution in [3.8, 4) is 0 Å². The van der Waals surface area contributed by atoms with Gasteiger partial charge in [0.25, 0.3) is 0 Å². The molecule has 8 atom stereocenters. The number of hydrogen-bond acceptors (Lipinski definition) is 5. The second kappa shape index (κ2) is 9.70. The van der Waals surface area contributed by atoms with Crippen LogP contribution < -0.4 is 10.6 Å². The molecule has 37 heavy (non-hydrogen) atoms. The van der Waals surface area contributed by atoms with Gasteiger partial charge in [0.05, 0.1) is 30.1 Å². The van der Waals surface area contributed by atoms with Crippen molar-refractivity contribution in [1.82, 2.24) is 15.5 Å². The highest BCUT2D eigenvalue weighted by Crippen LogP contribution is 2.65. The Morgan fingerprint density at radius 2 is 1.86 bits per heavy atom. The third kappa shape index (κ3) is 4.46. The van der Waals surface area contributed by atoms with E-state index in [0.717, 1.165) is 12.0 Å². The molecule has 0 radical (unpaired) electrons. The molecule has 1 aromatic carbocycles. The maximum Gasteiger partial charge on any atom is 0.246 e. The number of fused-ring (bicyclic) bond motifs is 1. The predicted octanol–water partition coefficient (Wildman–Crippen LogP) is 2.64. The molecule has 3 aliphatic rings. The Labute approximate surface area is 220 Å². The van der Waals surface area contributed by atoms with E-state index in [1.807, 2.05) is 78.8 Å². The van der Waals surface area contributed by atoms with Gasteiger partial charge in [-0.3, -0.25) is 14.4 Å². The number of nitrogens with one attached hydrogen (secondary N) is 2. The lowest BCUT2D eigenvalue weighted by Gasteiger charge is -2.40. The van der Waals surface area contributed by atoms with Gasteiger partial charge in [0.2, 0.25) is 17.7 Å². The number of nitrogens with zero attached hydrogens (tertiary/aromatic N) is 1. The van der Waals surface area contributed by atoms with Gasteiger partial charge in [-0.05, 0) is 51.5 Å². The first-order chi connectivity index (χ1) is 17.3. The highest BCUT2D eigenvalue weighted by atomic mass is 16.5. The summed E-state index contributed by atoms with van der Waals surface area (Å²) < 4.78 is 6.76. The zero-order valence-electron chi connectivity index (χ0n) is 23.2. The second-order valence-electron chi connectivity index (χ2n) is 12.5. The highest BCUT2D eigenvalue weighted by molar-refractivity contribution is 5.99. The normalized spacial score (nSPS) is 34.3. The number of carbonyl (C=O) groups excluding carboxylic acids is 3. The summed E-state index contributed by atoms with van der Waals surface area (Å²) in [5.74, 6) is -2.42. The highest BCUT2D eigenvalue weighted by Gasteiger charge is 2.80. The number of amides is 3. The molecule has 8 heteroatoms. The summed E-state index contributed by atoms with van der Waals surface area (Å²) in [5.41, 5.74) is -1.56. The number of aliphatic hydroxyl groups excluding tert-OH is 1. The van der Waals surface area contributed by atoms with Crippen LogP contribution in [-0.4, -0.2) is 63.2 Å². The smallest absolute Gasteiger partial charge is 0.246 e. The van der Waals surface area contributed by atoms with Crippen molar-refractivity contribution in [2.24, 2.45) is 23.7 Å². The van der Waals surface area contributed by atoms with Crippen molar-refractivity contribution in [1.29, 1.82) is 0 Å². The minimum Gasteiger partial charge on any atom is -0.394 e. The fourth-order valence-electron chi connectivity index (χ4n) is 6.88. The Morgan fingerprint density at radius 1 is 1.22 bits per heavy atom. The van der Waals surface area contributed by atoms with E-state index in [2.05, 4.69) is 10.6 Å². The molecule has 3 N–H and O–H groups in total. The van der Waals surface area contributed by atoms with Crippen molar-refractivity contribution in [3.63, 3.8) is 0 Å². The number of likely N-dealkylation sites (tertiary alicyclic amines) is 1. The summed E-state index contributed by atoms with van der Waals surface area (Å²) >= 11 is 0. The van der Waals surface area contributed by atoms with Crippen LogP contribution >= 0.6 is 0 Å². The molecule has 204 valence electrons. The van der Waals surface area contributed by atoms with Crippen molar-refractivity contribution in [2.45, 2.75) is 96.7 Å². The monoisotopic (exact) mass is 513 g/mol. The molecule has 8 nitrogen and oxygen atoms in total. The zero-order chi connectivity index (χ0) is 27.3. The lowest BCUT2D eigenvalue weighted by atomic mass is 9.62. The van der Waals surface area contributed by atoms with Gasteiger partial charge in [-0.25, -0.2) is 0 Å². The van der Waals surface area contributed by atoms with Gasteiger partial charge in [0.15, 0.2) is 0 Å². The molecule has 3 fully saturated rings. The predicted molar refractivity (Wildman–Crippen MR) is 140 cm³/mol. The summed E-state index contributed by atoms with van der Waals surface area (Å²) in [6.45, 7) is 13.7. The molecule has 1 aromatic rings. The summed E-state index contributed by atoms with van der Waals surface area (Å²) in [4.78, 5) is 43.5. The van der Waals surface area contributed by atoms with Crippen molar-refractivity contribution in [3.05, 3.63) is 35.9 Å². The van der Waals surface area contributed by atoms with Crippen molar-refractivity contribution < 1.29 is 24.2 Å². The first kappa shape index (κ1) is 27.6. The van der Waals surface area contributed by atoms with Gasteiger partial charge in [0, 0.05) is 12.1 Å². The molecule has 0 saturated carbocycles. The Balaban J connectivity index is 1.76. The van der Waals surface area contributed by atoms with Gasteiger partial charge < -0.3 is 25.4 Å². The van der Waals surface area contributed by atoms with Crippen LogP contribution in [0, 0.1) is 23.7 Å². The Hall–Kier alpha value is -2.45. The number of aliphatic hydroxyl groups is 1. The minimum atomic E-state index is -1.13. The summed E-state index contributed by atoms with van der Waals surface area (Å²) in [5, 5.41) is 16.5. The van der Waals surface area contributed by atoms with Gasteiger partial charge in [0.1, 0.15) is 11.6 Å². The number of benzene rings is 1. The Kier molecular flexibility index (Phi) is 7.23. The molecular formula is C29H43N3O5. The average molecular weight is 514 g/mol. The molecule has 2 bridgehead atoms. The van der Waals surface area contributed by atoms with E-state index in [1.54, 1.807) is 4.90 Å². The Morgan fingerprint density at radius 3 is 2.43 bits per heavy atom. The summed E-state index contributed by atoms with van der Waals surface area (Å²) in [6.07, 6.45) is 1.23. The van der Waals surface area contributed by atoms with Gasteiger partial charge in [-0.1, -0.05) is 57.5 Å². The van der Waals surface area contributed by atoms with Crippen LogP contribution in [0.3, 0.4) is 0 Å². The fraction of sp³-hybridized carbons (Fsp3) is 0.690. The van der Waals surface area contributed by atoms with Crippen molar-refractivity contribution >= 4 is 17.7 Å². The zero-order valence-corrected chi connectivity index (χ0v) is 23.2. The van der Waals surface area contributed by atoms with E-state index in [0.29, 0.717) is 13.0 Å². The van der Waals surface area contributed by atoms with Crippen LogP contribution in [0.4, 0.5) is 0 Å². The first-order valence-corrected chi connectivity index (χ1v) is 13.6. The quantitative estimate of drug-likeness (QED) is 0.495. The standard InChI is InChI=1S/C29H43N3O5/c1-8-17(2)20(16-33)32-23(25(35)31-27(4,5)6)29-14-18(3)28(7,37-29)21(22(29)26(32)36)24(34)30-15-19-12-10-9-11-13-19/h9-13,17-18,20-23,33H,8,14-16H2,1-7H3,(H,30,34)(H,31,35)/t17-,18?,20-,21-,22-,23?,28+,29?/m0/s1. The number of carbonyl (C=O) groups is 3. The fourth-order valence-corrected chi connectivity index (χ4v) is 6.88. The average Bonchev–Trinajstić information content (AvgIpc) is 3.34. The topological polar surface area (TPSA) is 108 Å². The van der Waals surface area contributed by atoms with Crippen molar-refractivity contribution in [2.75, 3.05) is 6.61 Å². The molecule has 4 rings (SSSR count). The van der Waals surface area contributed by atoms with Crippen LogP contribution in [-0.2, 0) is 25.7 Å². The van der Waals surface area contributed by atoms with E-state index < -0.39 is 40.7 Å². The van der Waals surface area contributed by atoms with E-state index >= 15 is 0 Å². The number of rotatable bonds is 8. The van der Waals surface area contributed by atoms with Gasteiger partial charge in [-0.2, -0.15) is 0 Å². The molecule has 1 spiro atoms. The van der Waals surface area contributed by atoms with Gasteiger partial charge >= 0.3 is 0 Å². The third-order valence-corrected chi connectivity index (χ3v) is 8.94. The summed E-state index contributed by atoms with van der Waals surface area (Å²) in [7, 11) is 0. The van der Waals surface area contributed by atoms with E-state index in [-0.39, 0.29) is 36.2 Å². The van der Waals surface area contributed by atoms with E-state index in [9.17, 15) is 19.5 Å². The number of ether oxygens (including phenoxy) is 1. The van der Waals surface area contributed by atoms with Crippen LogP contribution in [0.25, 0.3) is 0 Å². The van der Waals surface area contributed by atoms with E-state index in [4.69, 9.17) is 4.74 Å². The molecule has 3 heterocycles. The van der Waals surface area contributed by atoms with Crippen LogP contribution in [0.2, 0.25) is 0 Å². The Bertz CT molecular complexity index is 1040. The SMILES string of the molecule is CC[C@H](C)[C@H](CO)N1C(=O)[C@@H]2[C@@H](C(=O)NCc3ccccc3)[C@]3(C)OC2(CC3C)C1C(=O)NC(C)(C)C. The molecule has 0 aromatic heterocycles. The van der Waals surface area contributed by atoms with Crippen LogP contribution in [0.5, 0.6) is 0 Å². The van der Waals surface area contributed by atoms with E-state index in [1.165, 1.54) is 0 Å². The number of hydrogen-bond donors (Lipinski definition) is 3.